The third kappa shape index (κ3) is 3.55. The van der Waals surface area contributed by atoms with Gasteiger partial charge in [0.25, 0.3) is 0 Å². The summed E-state index contributed by atoms with van der Waals surface area (Å²) in [6.45, 7) is 5.71. The number of aromatic nitrogens is 5. The average Bonchev–Trinajstić information content (AvgIpc) is 3.34. The van der Waals surface area contributed by atoms with Crippen molar-refractivity contribution in [3.05, 3.63) is 71.6 Å². The van der Waals surface area contributed by atoms with Crippen LogP contribution in [0.3, 0.4) is 0 Å². The highest BCUT2D eigenvalue weighted by Crippen LogP contribution is 2.35. The zero-order valence-corrected chi connectivity index (χ0v) is 16.4. The zero-order chi connectivity index (χ0) is 19.7. The molecule has 0 N–H and O–H groups in total. The van der Waals surface area contributed by atoms with Crippen molar-refractivity contribution in [1.29, 1.82) is 0 Å². The predicted molar refractivity (Wildman–Crippen MR) is 105 cm³/mol. The maximum Gasteiger partial charge on any atom is 0.240 e. The Morgan fingerprint density at radius 1 is 1.11 bits per heavy atom. The van der Waals surface area contributed by atoms with Crippen molar-refractivity contribution < 1.29 is 8.91 Å². The minimum Gasteiger partial charge on any atom is -0.338 e. The Morgan fingerprint density at radius 2 is 1.93 bits per heavy atom. The van der Waals surface area contributed by atoms with E-state index in [9.17, 15) is 4.39 Å². The molecule has 4 rings (SSSR count). The molecule has 4 aromatic rings. The highest BCUT2D eigenvalue weighted by atomic mass is 32.2. The second-order valence-electron chi connectivity index (χ2n) is 6.45. The Balaban J connectivity index is 1.57. The number of nitrogens with zero attached hydrogens (tertiary/aromatic N) is 5. The van der Waals surface area contributed by atoms with Gasteiger partial charge < -0.3 is 4.52 Å². The van der Waals surface area contributed by atoms with Crippen molar-refractivity contribution in [2.24, 2.45) is 0 Å². The second-order valence-corrected chi connectivity index (χ2v) is 7.76. The summed E-state index contributed by atoms with van der Waals surface area (Å²) in [6, 6.07) is 12.9. The minimum absolute atomic E-state index is 0.150. The summed E-state index contributed by atoms with van der Waals surface area (Å²) in [5.74, 6) is 0.514. The van der Waals surface area contributed by atoms with Gasteiger partial charge in [0.15, 0.2) is 5.16 Å². The summed E-state index contributed by atoms with van der Waals surface area (Å²) in [5, 5.41) is 12.8. The van der Waals surface area contributed by atoms with Crippen LogP contribution in [-0.2, 0) is 0 Å². The lowest BCUT2D eigenvalue weighted by Crippen LogP contribution is -1.99. The molecular weight excluding hydrogens is 377 g/mol. The van der Waals surface area contributed by atoms with Crippen LogP contribution in [0, 0.1) is 19.7 Å². The van der Waals surface area contributed by atoms with Crippen molar-refractivity contribution in [3.63, 3.8) is 0 Å². The summed E-state index contributed by atoms with van der Waals surface area (Å²) in [4.78, 5) is 4.43. The number of rotatable bonds is 5. The fraction of sp³-hybridized carbons (Fsp3) is 0.200. The summed E-state index contributed by atoms with van der Waals surface area (Å²) in [6.07, 6.45) is 1.69. The summed E-state index contributed by atoms with van der Waals surface area (Å²) in [5.41, 5.74) is 3.30. The van der Waals surface area contributed by atoms with Crippen LogP contribution in [0.1, 0.15) is 29.2 Å². The van der Waals surface area contributed by atoms with Crippen LogP contribution in [-0.4, -0.2) is 24.9 Å². The van der Waals surface area contributed by atoms with E-state index < -0.39 is 0 Å². The molecule has 0 radical (unpaired) electrons. The Kier molecular flexibility index (Phi) is 4.95. The van der Waals surface area contributed by atoms with E-state index in [2.05, 4.69) is 20.3 Å². The molecule has 0 fully saturated rings. The van der Waals surface area contributed by atoms with Crippen LogP contribution in [0.2, 0.25) is 0 Å². The van der Waals surface area contributed by atoms with E-state index in [0.717, 1.165) is 16.4 Å². The van der Waals surface area contributed by atoms with Crippen LogP contribution in [0.25, 0.3) is 17.1 Å². The third-order valence-electron chi connectivity index (χ3n) is 4.39. The van der Waals surface area contributed by atoms with Crippen molar-refractivity contribution >= 4 is 11.8 Å². The molecule has 28 heavy (non-hydrogen) atoms. The summed E-state index contributed by atoms with van der Waals surface area (Å²) >= 11 is 1.47. The van der Waals surface area contributed by atoms with Crippen molar-refractivity contribution in [1.82, 2.24) is 24.9 Å². The van der Waals surface area contributed by atoms with Gasteiger partial charge in [-0.15, -0.1) is 10.2 Å². The van der Waals surface area contributed by atoms with Gasteiger partial charge in [0, 0.05) is 5.56 Å². The number of thioether (sulfide) groups is 1. The molecule has 1 atom stereocenters. The lowest BCUT2D eigenvalue weighted by Gasteiger charge is -2.10. The molecule has 0 amide bonds. The van der Waals surface area contributed by atoms with Crippen molar-refractivity contribution in [3.8, 4) is 17.1 Å². The third-order valence-corrected chi connectivity index (χ3v) is 5.44. The summed E-state index contributed by atoms with van der Waals surface area (Å²) < 4.78 is 21.2. The smallest absolute Gasteiger partial charge is 0.240 e. The monoisotopic (exact) mass is 395 g/mol. The number of hydrogen-bond acceptors (Lipinski definition) is 6. The van der Waals surface area contributed by atoms with E-state index in [1.165, 1.54) is 17.8 Å². The molecule has 6 nitrogen and oxygen atoms in total. The van der Waals surface area contributed by atoms with Gasteiger partial charge in [0.2, 0.25) is 11.7 Å². The molecule has 0 aliphatic carbocycles. The zero-order valence-electron chi connectivity index (χ0n) is 15.6. The Morgan fingerprint density at radius 3 is 2.71 bits per heavy atom. The largest absolute Gasteiger partial charge is 0.338 e. The first-order valence-corrected chi connectivity index (χ1v) is 9.63. The normalized spacial score (nSPS) is 12.3. The molecule has 0 saturated heterocycles. The molecular formula is C20H18FN5OS. The highest BCUT2D eigenvalue weighted by Gasteiger charge is 2.20. The first-order chi connectivity index (χ1) is 13.5. The van der Waals surface area contributed by atoms with Crippen LogP contribution >= 0.6 is 11.8 Å². The lowest BCUT2D eigenvalue weighted by atomic mass is 10.1. The topological polar surface area (TPSA) is 69.6 Å². The van der Waals surface area contributed by atoms with Crippen LogP contribution in [0.5, 0.6) is 0 Å². The Labute approximate surface area is 165 Å². The van der Waals surface area contributed by atoms with Crippen LogP contribution < -0.4 is 0 Å². The molecule has 142 valence electrons. The van der Waals surface area contributed by atoms with Gasteiger partial charge in [-0.1, -0.05) is 47.3 Å². The van der Waals surface area contributed by atoms with Gasteiger partial charge in [-0.25, -0.2) is 4.39 Å². The van der Waals surface area contributed by atoms with Gasteiger partial charge in [-0.2, -0.15) is 4.98 Å². The van der Waals surface area contributed by atoms with Crippen molar-refractivity contribution in [2.45, 2.75) is 31.2 Å². The van der Waals surface area contributed by atoms with Gasteiger partial charge in [0.1, 0.15) is 12.1 Å². The van der Waals surface area contributed by atoms with E-state index >= 15 is 0 Å². The highest BCUT2D eigenvalue weighted by molar-refractivity contribution is 7.99. The van der Waals surface area contributed by atoms with E-state index in [1.807, 2.05) is 42.7 Å². The number of aryl methyl sites for hydroxylation is 2. The second kappa shape index (κ2) is 7.55. The first-order valence-electron chi connectivity index (χ1n) is 8.75. The van der Waals surface area contributed by atoms with E-state index in [-0.39, 0.29) is 11.1 Å². The number of hydrogen-bond donors (Lipinski definition) is 0. The van der Waals surface area contributed by atoms with E-state index in [4.69, 9.17) is 4.52 Å². The SMILES string of the molecule is Cc1ccc(-c2noc(C(C)Sc3nncn3-c3ccccc3C)n2)cc1F. The lowest BCUT2D eigenvalue weighted by molar-refractivity contribution is 0.380. The van der Waals surface area contributed by atoms with Crippen molar-refractivity contribution in [2.75, 3.05) is 0 Å². The molecule has 0 aliphatic rings. The van der Waals surface area contributed by atoms with E-state index in [1.54, 1.807) is 25.4 Å². The fourth-order valence-electron chi connectivity index (χ4n) is 2.76. The molecule has 0 bridgehead atoms. The molecule has 1 unspecified atom stereocenters. The number of halogens is 1. The fourth-order valence-corrected chi connectivity index (χ4v) is 3.63. The quantitative estimate of drug-likeness (QED) is 0.447. The Bertz CT molecular complexity index is 1120. The van der Waals surface area contributed by atoms with Crippen LogP contribution in [0.4, 0.5) is 4.39 Å². The Hall–Kier alpha value is -3.00. The molecule has 0 saturated carbocycles. The molecule has 0 spiro atoms. The minimum atomic E-state index is -0.294. The maximum absolute atomic E-state index is 13.8. The van der Waals surface area contributed by atoms with E-state index in [0.29, 0.717) is 22.8 Å². The van der Waals surface area contributed by atoms with Gasteiger partial charge in [-0.3, -0.25) is 4.57 Å². The molecule has 2 aromatic heterocycles. The molecule has 2 aromatic carbocycles. The van der Waals surface area contributed by atoms with Gasteiger partial charge in [-0.05, 0) is 44.0 Å². The van der Waals surface area contributed by atoms with Gasteiger partial charge in [0.05, 0.1) is 10.9 Å². The predicted octanol–water partition coefficient (Wildman–Crippen LogP) is 4.93. The molecule has 2 heterocycles. The first kappa shape index (κ1) is 18.4. The van der Waals surface area contributed by atoms with Crippen LogP contribution in [0.15, 0.2) is 58.5 Å². The molecule has 0 aliphatic heterocycles. The average molecular weight is 395 g/mol. The summed E-state index contributed by atoms with van der Waals surface area (Å²) in [7, 11) is 0. The standard InChI is InChI=1S/C20H18FN5OS/c1-12-8-9-15(10-16(12)21)18-23-19(27-25-18)14(3)28-20-24-22-11-26(20)17-7-5-4-6-13(17)2/h4-11,14H,1-3H3. The molecule has 8 heteroatoms. The maximum atomic E-state index is 13.8. The number of benzene rings is 2. The van der Waals surface area contributed by atoms with Gasteiger partial charge >= 0.3 is 0 Å². The number of para-hydroxylation sites is 1.